The van der Waals surface area contributed by atoms with Crippen molar-refractivity contribution in [3.05, 3.63) is 151 Å². The number of benzene rings is 4. The van der Waals surface area contributed by atoms with Gasteiger partial charge in [0.2, 0.25) is 0 Å². The third-order valence-electron chi connectivity index (χ3n) is 6.18. The van der Waals surface area contributed by atoms with Crippen molar-refractivity contribution in [2.24, 2.45) is 0 Å². The van der Waals surface area contributed by atoms with Gasteiger partial charge in [-0.2, -0.15) is 0 Å². The Labute approximate surface area is 187 Å². The molecule has 0 nitrogen and oxygen atoms in total. The fourth-order valence-electron chi connectivity index (χ4n) is 4.77. The summed E-state index contributed by atoms with van der Waals surface area (Å²) in [6.45, 7) is 3.92. The van der Waals surface area contributed by atoms with Crippen LogP contribution in [0.2, 0.25) is 0 Å². The minimum atomic E-state index is -3.18. The number of rotatable bonds is 5. The van der Waals surface area contributed by atoms with Gasteiger partial charge >= 0.3 is 188 Å². The van der Waals surface area contributed by atoms with Crippen LogP contribution in [0, 0.1) is 0 Å². The topological polar surface area (TPSA) is 0 Å². The van der Waals surface area contributed by atoms with Crippen LogP contribution in [0.3, 0.4) is 0 Å². The first-order valence-corrected chi connectivity index (χ1v) is 14.9. The fourth-order valence-corrected chi connectivity index (χ4v) is 15.5. The molecule has 0 bridgehead atoms. The first-order chi connectivity index (χ1) is 15.3. The molecule has 0 N–H and O–H groups in total. The SMILES string of the molecule is C=Cc1ccc([C]2=CC=[C](c3ccccc3)[Ge]2([c]2ccccc2)[c]2ccccc2)cc1. The molecular weight excluding hydrogens is 433 g/mol. The third kappa shape index (κ3) is 3.34. The Morgan fingerprint density at radius 3 is 1.35 bits per heavy atom. The first-order valence-electron chi connectivity index (χ1n) is 10.7. The van der Waals surface area contributed by atoms with E-state index in [4.69, 9.17) is 0 Å². The van der Waals surface area contributed by atoms with Gasteiger partial charge in [0.25, 0.3) is 0 Å². The van der Waals surface area contributed by atoms with Crippen LogP contribution >= 0.6 is 0 Å². The number of hydrogen-bond donors (Lipinski definition) is 0. The van der Waals surface area contributed by atoms with Crippen LogP contribution in [0.5, 0.6) is 0 Å². The summed E-state index contributed by atoms with van der Waals surface area (Å²) in [4.78, 5) is 0. The molecule has 0 aliphatic carbocycles. The summed E-state index contributed by atoms with van der Waals surface area (Å²) in [5, 5.41) is 0. The van der Waals surface area contributed by atoms with Crippen molar-refractivity contribution in [1.82, 2.24) is 0 Å². The molecule has 1 heterocycles. The van der Waals surface area contributed by atoms with Crippen LogP contribution < -0.4 is 8.79 Å². The van der Waals surface area contributed by atoms with Crippen LogP contribution in [-0.2, 0) is 0 Å². The van der Waals surface area contributed by atoms with E-state index in [0.717, 1.165) is 5.56 Å². The van der Waals surface area contributed by atoms with E-state index in [0.29, 0.717) is 0 Å². The predicted octanol–water partition coefficient (Wildman–Crippen LogP) is 6.15. The Morgan fingerprint density at radius 1 is 0.484 bits per heavy atom. The van der Waals surface area contributed by atoms with Gasteiger partial charge in [0, 0.05) is 0 Å². The van der Waals surface area contributed by atoms with Crippen molar-refractivity contribution in [3.63, 3.8) is 0 Å². The Balaban J connectivity index is 1.82. The third-order valence-corrected chi connectivity index (χ3v) is 16.5. The van der Waals surface area contributed by atoms with E-state index in [1.54, 1.807) is 0 Å². The maximum absolute atomic E-state index is 3.92. The standard InChI is InChI=1S/C30H24Ge/c1-2-24-18-20-26(21-19-24)30-23-22-29(25-12-6-3-7-13-25)31(30,27-14-8-4-9-15-27)28-16-10-5-11-17-28/h2-23H,1H2. The number of allylic oxidation sites excluding steroid dienone is 2. The molecule has 31 heavy (non-hydrogen) atoms. The molecule has 0 atom stereocenters. The first kappa shape index (κ1) is 19.6. The van der Waals surface area contributed by atoms with Crippen molar-refractivity contribution >= 4 is 36.9 Å². The Hall–Kier alpha value is -3.36. The van der Waals surface area contributed by atoms with Gasteiger partial charge in [0.15, 0.2) is 0 Å². The Kier molecular flexibility index (Phi) is 5.32. The molecule has 4 aromatic carbocycles. The molecule has 5 rings (SSSR count). The van der Waals surface area contributed by atoms with E-state index >= 15 is 0 Å². The Bertz CT molecular complexity index is 1210. The van der Waals surface area contributed by atoms with Crippen molar-refractivity contribution in [2.45, 2.75) is 0 Å². The van der Waals surface area contributed by atoms with Gasteiger partial charge in [-0.15, -0.1) is 0 Å². The van der Waals surface area contributed by atoms with Crippen molar-refractivity contribution < 1.29 is 0 Å². The van der Waals surface area contributed by atoms with Crippen molar-refractivity contribution in [1.29, 1.82) is 0 Å². The summed E-state index contributed by atoms with van der Waals surface area (Å²) in [7, 11) is 0. The van der Waals surface area contributed by atoms with E-state index < -0.39 is 13.3 Å². The van der Waals surface area contributed by atoms with E-state index in [2.05, 4.69) is 134 Å². The summed E-state index contributed by atoms with van der Waals surface area (Å²) in [6.07, 6.45) is 6.67. The van der Waals surface area contributed by atoms with Gasteiger partial charge in [-0.25, -0.2) is 0 Å². The van der Waals surface area contributed by atoms with Gasteiger partial charge in [-0.3, -0.25) is 0 Å². The molecule has 0 spiro atoms. The molecule has 0 fully saturated rings. The molecule has 0 unspecified atom stereocenters. The molecule has 148 valence electrons. The molecule has 1 heteroatoms. The zero-order chi connectivity index (χ0) is 21.1. The van der Waals surface area contributed by atoms with Crippen LogP contribution in [0.25, 0.3) is 14.9 Å². The minimum absolute atomic E-state index is 1.15. The van der Waals surface area contributed by atoms with Crippen molar-refractivity contribution in [3.8, 4) is 0 Å². The normalized spacial score (nSPS) is 14.6. The van der Waals surface area contributed by atoms with E-state index in [1.165, 1.54) is 28.7 Å². The molecule has 0 amide bonds. The second kappa shape index (κ2) is 8.41. The zero-order valence-corrected chi connectivity index (χ0v) is 19.5. The predicted molar refractivity (Wildman–Crippen MR) is 137 cm³/mol. The molecule has 1 aliphatic rings. The Morgan fingerprint density at radius 2 is 0.903 bits per heavy atom. The van der Waals surface area contributed by atoms with Gasteiger partial charge in [-0.05, 0) is 0 Å². The van der Waals surface area contributed by atoms with Crippen LogP contribution in [-0.4, -0.2) is 13.3 Å². The van der Waals surface area contributed by atoms with Crippen LogP contribution in [0.15, 0.2) is 134 Å². The van der Waals surface area contributed by atoms with Gasteiger partial charge in [-0.1, -0.05) is 0 Å². The monoisotopic (exact) mass is 458 g/mol. The summed E-state index contributed by atoms with van der Waals surface area (Å²) in [5.41, 5.74) is 3.78. The molecule has 0 radical (unpaired) electrons. The molecular formula is C30H24Ge. The van der Waals surface area contributed by atoms with E-state index in [1.807, 2.05) is 6.08 Å². The van der Waals surface area contributed by atoms with Gasteiger partial charge in [0.05, 0.1) is 0 Å². The molecule has 0 saturated heterocycles. The maximum atomic E-state index is 3.92. The van der Waals surface area contributed by atoms with Gasteiger partial charge < -0.3 is 0 Å². The molecule has 1 aliphatic heterocycles. The molecule has 4 aromatic rings. The fraction of sp³-hybridized carbons (Fsp3) is 0. The quantitative estimate of drug-likeness (QED) is 0.316. The second-order valence-corrected chi connectivity index (χ2v) is 15.7. The summed E-state index contributed by atoms with van der Waals surface area (Å²) in [5.74, 6) is 0. The zero-order valence-electron chi connectivity index (χ0n) is 17.4. The van der Waals surface area contributed by atoms with Crippen molar-refractivity contribution in [2.75, 3.05) is 0 Å². The molecule has 0 saturated carbocycles. The van der Waals surface area contributed by atoms with E-state index in [9.17, 15) is 0 Å². The molecule has 0 aromatic heterocycles. The van der Waals surface area contributed by atoms with Crippen LogP contribution in [0.4, 0.5) is 0 Å². The summed E-state index contributed by atoms with van der Waals surface area (Å²) >= 11 is -3.18. The summed E-state index contributed by atoms with van der Waals surface area (Å²) < 4.78 is 5.88. The number of hydrogen-bond acceptors (Lipinski definition) is 0. The average Bonchev–Trinajstić information content (AvgIpc) is 3.27. The van der Waals surface area contributed by atoms with E-state index in [-0.39, 0.29) is 0 Å². The second-order valence-electron chi connectivity index (χ2n) is 7.83. The summed E-state index contributed by atoms with van der Waals surface area (Å²) in [6, 6.07) is 42.1. The van der Waals surface area contributed by atoms with Crippen LogP contribution in [0.1, 0.15) is 16.7 Å². The average molecular weight is 457 g/mol. The van der Waals surface area contributed by atoms with Gasteiger partial charge in [0.1, 0.15) is 0 Å².